The lowest BCUT2D eigenvalue weighted by molar-refractivity contribution is -0.133. The van der Waals surface area contributed by atoms with Crippen LogP contribution < -0.4 is 0 Å². The number of benzene rings is 1. The van der Waals surface area contributed by atoms with Gasteiger partial charge >= 0.3 is 0 Å². The highest BCUT2D eigenvalue weighted by atomic mass is 16.2. The van der Waals surface area contributed by atoms with Crippen molar-refractivity contribution >= 4 is 5.91 Å². The summed E-state index contributed by atoms with van der Waals surface area (Å²) in [6.07, 6.45) is 7.78. The number of hydrogen-bond donors (Lipinski definition) is 0. The van der Waals surface area contributed by atoms with Crippen LogP contribution in [-0.2, 0) is 11.2 Å². The molecule has 2 rings (SSSR count). The van der Waals surface area contributed by atoms with Crippen LogP contribution in [-0.4, -0.2) is 33.4 Å². The maximum Gasteiger partial charge on any atom is 0.245 e. The molecule has 0 saturated heterocycles. The fraction of sp³-hybridized carbons (Fsp3) is 0.294. The lowest BCUT2D eigenvalue weighted by Gasteiger charge is -2.25. The van der Waals surface area contributed by atoms with E-state index < -0.39 is 0 Å². The highest BCUT2D eigenvalue weighted by Gasteiger charge is 2.20. The van der Waals surface area contributed by atoms with Crippen molar-refractivity contribution in [3.63, 3.8) is 0 Å². The average molecular weight is 283 g/mol. The summed E-state index contributed by atoms with van der Waals surface area (Å²) in [5.41, 5.74) is 1.23. The summed E-state index contributed by atoms with van der Waals surface area (Å²) >= 11 is 0. The number of nitrogens with zero attached hydrogens (tertiary/aromatic N) is 3. The van der Waals surface area contributed by atoms with E-state index in [0.29, 0.717) is 13.1 Å². The topological polar surface area (TPSA) is 38.1 Å². The summed E-state index contributed by atoms with van der Waals surface area (Å²) in [4.78, 5) is 18.4. The minimum atomic E-state index is -0.247. The first kappa shape index (κ1) is 15.0. The number of aromatic nitrogens is 2. The molecule has 4 heteroatoms. The Morgan fingerprint density at radius 3 is 2.81 bits per heavy atom. The highest BCUT2D eigenvalue weighted by Crippen LogP contribution is 2.11. The third kappa shape index (κ3) is 4.05. The standard InChI is InChI=1S/C17H21N3O/c1-3-11-19(12-9-16-7-5-4-6-8-16)17(21)15(2)20-13-10-18-14-20/h3-8,10,13-15H,1,9,11-12H2,2H3. The summed E-state index contributed by atoms with van der Waals surface area (Å²) in [7, 11) is 0. The Morgan fingerprint density at radius 2 is 2.19 bits per heavy atom. The molecule has 4 nitrogen and oxygen atoms in total. The van der Waals surface area contributed by atoms with Crippen molar-refractivity contribution in [2.45, 2.75) is 19.4 Å². The van der Waals surface area contributed by atoms with Crippen molar-refractivity contribution in [1.29, 1.82) is 0 Å². The van der Waals surface area contributed by atoms with E-state index in [4.69, 9.17) is 0 Å². The summed E-state index contributed by atoms with van der Waals surface area (Å²) in [6.45, 7) is 6.89. The molecule has 0 saturated carbocycles. The molecule has 0 radical (unpaired) electrons. The average Bonchev–Trinajstić information content (AvgIpc) is 3.05. The van der Waals surface area contributed by atoms with Gasteiger partial charge in [-0.1, -0.05) is 36.4 Å². The molecule has 0 bridgehead atoms. The van der Waals surface area contributed by atoms with Crippen LogP contribution in [0.5, 0.6) is 0 Å². The Labute approximate surface area is 125 Å². The normalized spacial score (nSPS) is 11.9. The van der Waals surface area contributed by atoms with Gasteiger partial charge in [0, 0.05) is 25.5 Å². The van der Waals surface area contributed by atoms with Crippen LogP contribution in [0.2, 0.25) is 0 Å². The van der Waals surface area contributed by atoms with Crippen molar-refractivity contribution in [1.82, 2.24) is 14.5 Å². The number of carbonyl (C=O) groups excluding carboxylic acids is 1. The van der Waals surface area contributed by atoms with Crippen molar-refractivity contribution in [3.05, 3.63) is 67.3 Å². The van der Waals surface area contributed by atoms with Gasteiger partial charge in [-0.25, -0.2) is 4.98 Å². The van der Waals surface area contributed by atoms with Gasteiger partial charge in [-0.15, -0.1) is 6.58 Å². The first-order valence-corrected chi connectivity index (χ1v) is 7.13. The predicted octanol–water partition coefficient (Wildman–Crippen LogP) is 2.70. The molecule has 1 heterocycles. The number of imidazole rings is 1. The monoisotopic (exact) mass is 283 g/mol. The van der Waals surface area contributed by atoms with Crippen molar-refractivity contribution in [2.75, 3.05) is 13.1 Å². The fourth-order valence-corrected chi connectivity index (χ4v) is 2.25. The van der Waals surface area contributed by atoms with E-state index in [1.165, 1.54) is 5.56 Å². The molecule has 0 aliphatic rings. The van der Waals surface area contributed by atoms with Gasteiger partial charge in [0.2, 0.25) is 5.91 Å². The molecule has 0 fully saturated rings. The maximum atomic E-state index is 12.6. The Morgan fingerprint density at radius 1 is 1.43 bits per heavy atom. The number of hydrogen-bond acceptors (Lipinski definition) is 2. The van der Waals surface area contributed by atoms with E-state index in [1.807, 2.05) is 40.8 Å². The smallest absolute Gasteiger partial charge is 0.245 e. The SMILES string of the molecule is C=CCN(CCc1ccccc1)C(=O)C(C)n1ccnc1. The number of rotatable bonds is 7. The Bertz CT molecular complexity index is 563. The third-order valence-electron chi connectivity index (χ3n) is 3.50. The number of amides is 1. The Balaban J connectivity index is 2.00. The van der Waals surface area contributed by atoms with Gasteiger partial charge in [0.1, 0.15) is 6.04 Å². The van der Waals surface area contributed by atoms with Crippen LogP contribution in [0, 0.1) is 0 Å². The summed E-state index contributed by atoms with van der Waals surface area (Å²) in [6, 6.07) is 9.94. The van der Waals surface area contributed by atoms with E-state index in [2.05, 4.69) is 23.7 Å². The van der Waals surface area contributed by atoms with E-state index in [0.717, 1.165) is 6.42 Å². The van der Waals surface area contributed by atoms with E-state index >= 15 is 0 Å². The van der Waals surface area contributed by atoms with Gasteiger partial charge < -0.3 is 9.47 Å². The van der Waals surface area contributed by atoms with Gasteiger partial charge in [0.05, 0.1) is 6.33 Å². The number of carbonyl (C=O) groups is 1. The van der Waals surface area contributed by atoms with E-state index in [-0.39, 0.29) is 11.9 Å². The minimum Gasteiger partial charge on any atom is -0.337 e. The predicted molar refractivity (Wildman–Crippen MR) is 83.9 cm³/mol. The van der Waals surface area contributed by atoms with Crippen LogP contribution in [0.15, 0.2) is 61.7 Å². The van der Waals surface area contributed by atoms with E-state index in [9.17, 15) is 4.79 Å². The fourth-order valence-electron chi connectivity index (χ4n) is 2.25. The van der Waals surface area contributed by atoms with Crippen LogP contribution >= 0.6 is 0 Å². The van der Waals surface area contributed by atoms with E-state index in [1.54, 1.807) is 18.6 Å². The van der Waals surface area contributed by atoms with Gasteiger partial charge in [0.25, 0.3) is 0 Å². The Kier molecular flexibility index (Phi) is 5.32. The molecule has 1 unspecified atom stereocenters. The first-order chi connectivity index (χ1) is 10.2. The molecule has 0 aliphatic heterocycles. The summed E-state index contributed by atoms with van der Waals surface area (Å²) in [5.74, 6) is 0.0869. The molecule has 1 aromatic heterocycles. The zero-order valence-corrected chi connectivity index (χ0v) is 12.4. The quantitative estimate of drug-likeness (QED) is 0.733. The second-order valence-corrected chi connectivity index (χ2v) is 4.99. The zero-order valence-electron chi connectivity index (χ0n) is 12.4. The molecule has 0 N–H and O–H groups in total. The van der Waals surface area contributed by atoms with Gasteiger partial charge in [-0.05, 0) is 18.9 Å². The molecule has 1 amide bonds. The van der Waals surface area contributed by atoms with Crippen molar-refractivity contribution in [2.24, 2.45) is 0 Å². The van der Waals surface area contributed by atoms with Crippen LogP contribution in [0.1, 0.15) is 18.5 Å². The molecule has 21 heavy (non-hydrogen) atoms. The molecule has 2 aromatic rings. The molecular formula is C17H21N3O. The van der Waals surface area contributed by atoms with Gasteiger partial charge in [0.15, 0.2) is 0 Å². The second-order valence-electron chi connectivity index (χ2n) is 4.99. The van der Waals surface area contributed by atoms with Crippen LogP contribution in [0.25, 0.3) is 0 Å². The molecular weight excluding hydrogens is 262 g/mol. The second kappa shape index (κ2) is 7.43. The van der Waals surface area contributed by atoms with Gasteiger partial charge in [-0.3, -0.25) is 4.79 Å². The van der Waals surface area contributed by atoms with Crippen LogP contribution in [0.4, 0.5) is 0 Å². The molecule has 110 valence electrons. The molecule has 1 aromatic carbocycles. The van der Waals surface area contributed by atoms with Crippen LogP contribution in [0.3, 0.4) is 0 Å². The molecule has 1 atom stereocenters. The van der Waals surface area contributed by atoms with Crippen molar-refractivity contribution < 1.29 is 4.79 Å². The van der Waals surface area contributed by atoms with Crippen molar-refractivity contribution in [3.8, 4) is 0 Å². The largest absolute Gasteiger partial charge is 0.337 e. The maximum absolute atomic E-state index is 12.6. The zero-order chi connectivity index (χ0) is 15.1. The summed E-state index contributed by atoms with van der Waals surface area (Å²) < 4.78 is 1.82. The highest BCUT2D eigenvalue weighted by molar-refractivity contribution is 5.80. The summed E-state index contributed by atoms with van der Waals surface area (Å²) in [5, 5.41) is 0. The molecule has 0 aliphatic carbocycles. The first-order valence-electron chi connectivity index (χ1n) is 7.13. The third-order valence-corrected chi connectivity index (χ3v) is 3.50. The molecule has 0 spiro atoms. The van der Waals surface area contributed by atoms with Gasteiger partial charge in [-0.2, -0.15) is 0 Å². The lowest BCUT2D eigenvalue weighted by atomic mass is 10.1. The minimum absolute atomic E-state index is 0.0869. The lowest BCUT2D eigenvalue weighted by Crippen LogP contribution is -2.37. The Hall–Kier alpha value is -2.36.